The van der Waals surface area contributed by atoms with Crippen molar-refractivity contribution < 1.29 is 8.78 Å². The van der Waals surface area contributed by atoms with Gasteiger partial charge in [-0.3, -0.25) is 4.90 Å². The Balaban J connectivity index is 1.79. The molecule has 2 heterocycles. The number of nitrogens with zero attached hydrogens (tertiary/aromatic N) is 2. The lowest BCUT2D eigenvalue weighted by molar-refractivity contribution is 0.177. The summed E-state index contributed by atoms with van der Waals surface area (Å²) in [5, 5.41) is 1.30. The number of rotatable bonds is 3. The van der Waals surface area contributed by atoms with Crippen molar-refractivity contribution in [1.29, 1.82) is 0 Å². The van der Waals surface area contributed by atoms with E-state index in [1.54, 1.807) is 6.07 Å². The highest BCUT2D eigenvalue weighted by molar-refractivity contribution is 5.87. The lowest BCUT2D eigenvalue weighted by Gasteiger charge is -2.37. The fraction of sp³-hybridized carbons (Fsp3) is 0.391. The zero-order valence-corrected chi connectivity index (χ0v) is 16.4. The van der Waals surface area contributed by atoms with Crippen LogP contribution in [0.1, 0.15) is 42.3 Å². The van der Waals surface area contributed by atoms with Crippen LogP contribution >= 0.6 is 0 Å². The molecule has 1 aliphatic rings. The molecule has 0 saturated heterocycles. The highest BCUT2D eigenvalue weighted by Gasteiger charge is 2.31. The summed E-state index contributed by atoms with van der Waals surface area (Å²) < 4.78 is 29.7. The normalized spacial score (nSPS) is 20.2. The smallest absolute Gasteiger partial charge is 0.129 e. The number of likely N-dealkylation sites (N-methyl/N-ethyl adjacent to an activating group) is 1. The van der Waals surface area contributed by atoms with Crippen molar-refractivity contribution in [3.8, 4) is 0 Å². The van der Waals surface area contributed by atoms with Crippen molar-refractivity contribution in [3.05, 3.63) is 70.4 Å². The van der Waals surface area contributed by atoms with Crippen LogP contribution in [-0.4, -0.2) is 22.6 Å². The van der Waals surface area contributed by atoms with E-state index >= 15 is 0 Å². The van der Waals surface area contributed by atoms with Gasteiger partial charge in [-0.25, -0.2) is 8.78 Å². The molecule has 0 amide bonds. The van der Waals surface area contributed by atoms with Gasteiger partial charge in [-0.2, -0.15) is 0 Å². The maximum atomic E-state index is 14.1. The van der Waals surface area contributed by atoms with Crippen LogP contribution in [0.3, 0.4) is 0 Å². The van der Waals surface area contributed by atoms with Crippen molar-refractivity contribution in [2.45, 2.75) is 52.2 Å². The Morgan fingerprint density at radius 2 is 1.85 bits per heavy atom. The second kappa shape index (κ2) is 6.75. The van der Waals surface area contributed by atoms with Crippen molar-refractivity contribution >= 4 is 10.9 Å². The second-order valence-electron chi connectivity index (χ2n) is 7.91. The first-order valence-electron chi connectivity index (χ1n) is 9.64. The molecule has 0 spiro atoms. The minimum atomic E-state index is -0.527. The number of fused-ring (bicyclic) bond motifs is 3. The first-order chi connectivity index (χ1) is 12.9. The summed E-state index contributed by atoms with van der Waals surface area (Å²) in [6.45, 7) is 7.34. The van der Waals surface area contributed by atoms with Gasteiger partial charge >= 0.3 is 0 Å². The quantitative estimate of drug-likeness (QED) is 0.600. The first-order valence-corrected chi connectivity index (χ1v) is 9.64. The predicted octanol–water partition coefficient (Wildman–Crippen LogP) is 5.41. The number of aryl methyl sites for hydroxylation is 3. The minimum Gasteiger partial charge on any atom is -0.344 e. The van der Waals surface area contributed by atoms with Gasteiger partial charge in [-0.1, -0.05) is 17.7 Å². The largest absolute Gasteiger partial charge is 0.344 e. The van der Waals surface area contributed by atoms with Gasteiger partial charge in [0.1, 0.15) is 11.6 Å². The number of hydrogen-bond donors (Lipinski definition) is 0. The maximum absolute atomic E-state index is 14.1. The molecule has 3 aromatic rings. The van der Waals surface area contributed by atoms with Crippen molar-refractivity contribution in [1.82, 2.24) is 9.47 Å². The van der Waals surface area contributed by atoms with Crippen LogP contribution < -0.4 is 0 Å². The number of benzene rings is 2. The molecule has 0 N–H and O–H groups in total. The summed E-state index contributed by atoms with van der Waals surface area (Å²) in [5.74, 6) is -0.987. The molecule has 0 fully saturated rings. The van der Waals surface area contributed by atoms with Gasteiger partial charge in [0.15, 0.2) is 0 Å². The number of aromatic nitrogens is 1. The molecule has 27 heavy (non-hydrogen) atoms. The molecule has 0 radical (unpaired) electrons. The third kappa shape index (κ3) is 3.06. The topological polar surface area (TPSA) is 8.17 Å². The van der Waals surface area contributed by atoms with Crippen LogP contribution in [0.15, 0.2) is 36.4 Å². The fourth-order valence-electron chi connectivity index (χ4n) is 4.45. The SMILES string of the molecule is Cc1ccc2c(c1)c1c(n2CCc2ccc(F)cc2F)CC(C)N(C)C1C. The molecule has 0 aliphatic carbocycles. The van der Waals surface area contributed by atoms with Gasteiger partial charge in [0, 0.05) is 47.7 Å². The van der Waals surface area contributed by atoms with Crippen molar-refractivity contribution in [2.75, 3.05) is 7.05 Å². The first kappa shape index (κ1) is 18.2. The molecular formula is C23H26F2N2. The predicted molar refractivity (Wildman–Crippen MR) is 106 cm³/mol. The average Bonchev–Trinajstić information content (AvgIpc) is 2.91. The second-order valence-corrected chi connectivity index (χ2v) is 7.91. The van der Waals surface area contributed by atoms with Crippen LogP contribution in [0.2, 0.25) is 0 Å². The molecule has 2 unspecified atom stereocenters. The van der Waals surface area contributed by atoms with Crippen molar-refractivity contribution in [2.24, 2.45) is 0 Å². The lowest BCUT2D eigenvalue weighted by Crippen LogP contribution is -2.38. The Kier molecular flexibility index (Phi) is 4.55. The van der Waals surface area contributed by atoms with E-state index in [9.17, 15) is 8.78 Å². The molecule has 4 heteroatoms. The van der Waals surface area contributed by atoms with Crippen LogP contribution in [0.5, 0.6) is 0 Å². The summed E-state index contributed by atoms with van der Waals surface area (Å²) >= 11 is 0. The van der Waals surface area contributed by atoms with Gasteiger partial charge in [-0.15, -0.1) is 0 Å². The highest BCUT2D eigenvalue weighted by Crippen LogP contribution is 2.39. The van der Waals surface area contributed by atoms with Crippen LogP contribution in [0.4, 0.5) is 8.78 Å². The molecule has 2 aromatic carbocycles. The summed E-state index contributed by atoms with van der Waals surface area (Å²) in [5.41, 5.74) is 5.78. The molecule has 1 aliphatic heterocycles. The molecule has 2 atom stereocenters. The van der Waals surface area contributed by atoms with E-state index in [-0.39, 0.29) is 0 Å². The van der Waals surface area contributed by atoms with Crippen LogP contribution in [-0.2, 0) is 19.4 Å². The Labute approximate surface area is 159 Å². The Morgan fingerprint density at radius 1 is 1.07 bits per heavy atom. The molecule has 0 bridgehead atoms. The zero-order chi connectivity index (χ0) is 19.3. The lowest BCUT2D eigenvalue weighted by atomic mass is 9.93. The highest BCUT2D eigenvalue weighted by atomic mass is 19.1. The summed E-state index contributed by atoms with van der Waals surface area (Å²) in [4.78, 5) is 2.42. The van der Waals surface area contributed by atoms with Crippen LogP contribution in [0.25, 0.3) is 10.9 Å². The Bertz CT molecular complexity index is 1010. The Hall–Kier alpha value is -2.20. The van der Waals surface area contributed by atoms with E-state index in [0.29, 0.717) is 30.6 Å². The molecule has 0 saturated carbocycles. The van der Waals surface area contributed by atoms with Gasteiger partial charge in [0.25, 0.3) is 0 Å². The van der Waals surface area contributed by atoms with Gasteiger partial charge in [0.05, 0.1) is 0 Å². The summed E-state index contributed by atoms with van der Waals surface area (Å²) in [7, 11) is 2.19. The minimum absolute atomic E-state index is 0.344. The maximum Gasteiger partial charge on any atom is 0.129 e. The van der Waals surface area contributed by atoms with E-state index in [1.165, 1.54) is 33.8 Å². The fourth-order valence-corrected chi connectivity index (χ4v) is 4.45. The third-order valence-electron chi connectivity index (χ3n) is 6.20. The van der Waals surface area contributed by atoms with E-state index in [4.69, 9.17) is 0 Å². The van der Waals surface area contributed by atoms with E-state index in [2.05, 4.69) is 55.5 Å². The van der Waals surface area contributed by atoms with Crippen molar-refractivity contribution in [3.63, 3.8) is 0 Å². The van der Waals surface area contributed by atoms with E-state index in [0.717, 1.165) is 12.5 Å². The van der Waals surface area contributed by atoms with Gasteiger partial charge in [-0.05, 0) is 63.6 Å². The van der Waals surface area contributed by atoms with Gasteiger partial charge < -0.3 is 4.57 Å². The van der Waals surface area contributed by atoms with E-state index in [1.807, 2.05) is 0 Å². The summed E-state index contributed by atoms with van der Waals surface area (Å²) in [6.07, 6.45) is 1.53. The van der Waals surface area contributed by atoms with Gasteiger partial charge in [0.2, 0.25) is 0 Å². The molecule has 142 valence electrons. The standard InChI is InChI=1S/C23H26F2N2/c1-14-5-8-21-19(11-14)23-16(3)26(4)15(2)12-22(23)27(21)10-9-17-6-7-18(24)13-20(17)25/h5-8,11,13,15-16H,9-10,12H2,1-4H3. The summed E-state index contributed by atoms with van der Waals surface area (Å²) in [6, 6.07) is 11.3. The van der Waals surface area contributed by atoms with Crippen LogP contribution in [0, 0.1) is 18.6 Å². The third-order valence-corrected chi connectivity index (χ3v) is 6.20. The monoisotopic (exact) mass is 368 g/mol. The Morgan fingerprint density at radius 3 is 2.59 bits per heavy atom. The number of halogens is 2. The zero-order valence-electron chi connectivity index (χ0n) is 16.4. The number of hydrogen-bond acceptors (Lipinski definition) is 1. The molecule has 4 rings (SSSR count). The molecular weight excluding hydrogens is 342 g/mol. The molecule has 2 nitrogen and oxygen atoms in total. The average molecular weight is 368 g/mol. The van der Waals surface area contributed by atoms with E-state index < -0.39 is 11.6 Å². The molecule has 1 aromatic heterocycles.